The summed E-state index contributed by atoms with van der Waals surface area (Å²) in [7, 11) is 1.16. The van der Waals surface area contributed by atoms with Crippen molar-refractivity contribution in [2.24, 2.45) is 0 Å². The zero-order chi connectivity index (χ0) is 24.8. The maximum atomic E-state index is 13.8. The third kappa shape index (κ3) is 4.85. The van der Waals surface area contributed by atoms with Gasteiger partial charge in [-0.2, -0.15) is 31.4 Å². The molecule has 5 nitrogen and oxygen atoms in total. The molecule has 1 fully saturated rings. The molecule has 1 heterocycles. The first kappa shape index (κ1) is 23.6. The van der Waals surface area contributed by atoms with Gasteiger partial charge in [-0.25, -0.2) is 9.18 Å². The maximum absolute atomic E-state index is 13.8. The molecule has 0 atom stereocenters. The van der Waals surface area contributed by atoms with Crippen molar-refractivity contribution in [3.8, 4) is 16.9 Å². The molecule has 0 bridgehead atoms. The van der Waals surface area contributed by atoms with E-state index in [1.165, 1.54) is 23.0 Å². The Labute approximate surface area is 188 Å². The molecule has 0 spiro atoms. The second kappa shape index (κ2) is 8.33. The van der Waals surface area contributed by atoms with Crippen molar-refractivity contribution in [2.75, 3.05) is 11.9 Å². The number of alkyl halides is 6. The van der Waals surface area contributed by atoms with Crippen LogP contribution in [0.5, 0.6) is 5.75 Å². The Bertz CT molecular complexity index is 1210. The number of aromatic nitrogens is 2. The molecule has 1 aliphatic rings. The van der Waals surface area contributed by atoms with Gasteiger partial charge in [-0.3, -0.25) is 9.58 Å². The number of carbonyl (C=O) groups is 1. The zero-order valence-electron chi connectivity index (χ0n) is 17.4. The van der Waals surface area contributed by atoms with Gasteiger partial charge in [-0.15, -0.1) is 0 Å². The van der Waals surface area contributed by atoms with E-state index in [4.69, 9.17) is 4.74 Å². The molecule has 2 aromatic carbocycles. The smallest absolute Gasteiger partial charge is 0.409 e. The SMILES string of the molecule is CN(C(=O)Oc1c(-c2cnn(C3CC3)c2)cc(C(F)(F)F)cc1C(F)(F)F)c1ccc(F)cc1. The van der Waals surface area contributed by atoms with E-state index >= 15 is 0 Å². The lowest BCUT2D eigenvalue weighted by Gasteiger charge is -2.22. The quantitative estimate of drug-likeness (QED) is 0.385. The molecule has 0 saturated heterocycles. The van der Waals surface area contributed by atoms with Crippen LogP contribution in [0.4, 0.5) is 41.2 Å². The average Bonchev–Trinajstić information content (AvgIpc) is 3.49. The van der Waals surface area contributed by atoms with Gasteiger partial charge in [0.25, 0.3) is 0 Å². The summed E-state index contributed by atoms with van der Waals surface area (Å²) in [6.07, 6.45) is -7.68. The fraction of sp³-hybridized carbons (Fsp3) is 0.273. The van der Waals surface area contributed by atoms with E-state index in [0.717, 1.165) is 43.1 Å². The van der Waals surface area contributed by atoms with E-state index in [1.807, 2.05) is 0 Å². The highest BCUT2D eigenvalue weighted by Crippen LogP contribution is 2.46. The Hall–Kier alpha value is -3.57. The largest absolute Gasteiger partial charge is 0.420 e. The summed E-state index contributed by atoms with van der Waals surface area (Å²) in [5.41, 5.74) is -3.89. The Morgan fingerprint density at radius 2 is 1.71 bits per heavy atom. The first-order valence-electron chi connectivity index (χ1n) is 9.92. The molecule has 0 radical (unpaired) electrons. The number of benzene rings is 2. The zero-order valence-corrected chi connectivity index (χ0v) is 17.4. The average molecular weight is 487 g/mol. The van der Waals surface area contributed by atoms with Gasteiger partial charge in [0.05, 0.1) is 23.4 Å². The fourth-order valence-corrected chi connectivity index (χ4v) is 3.27. The number of amides is 1. The van der Waals surface area contributed by atoms with Crippen molar-refractivity contribution in [3.05, 3.63) is 65.7 Å². The van der Waals surface area contributed by atoms with Crippen LogP contribution in [0.25, 0.3) is 11.1 Å². The van der Waals surface area contributed by atoms with Crippen LogP contribution >= 0.6 is 0 Å². The van der Waals surface area contributed by atoms with Crippen LogP contribution in [-0.4, -0.2) is 22.9 Å². The predicted molar refractivity (Wildman–Crippen MR) is 107 cm³/mol. The fourth-order valence-electron chi connectivity index (χ4n) is 3.27. The molecular weight excluding hydrogens is 471 g/mol. The molecule has 1 saturated carbocycles. The third-order valence-corrected chi connectivity index (χ3v) is 5.23. The molecule has 0 unspecified atom stereocenters. The van der Waals surface area contributed by atoms with Crippen LogP contribution in [0.15, 0.2) is 48.8 Å². The second-order valence-corrected chi connectivity index (χ2v) is 7.74. The van der Waals surface area contributed by atoms with E-state index in [1.54, 1.807) is 0 Å². The molecule has 0 aliphatic heterocycles. The van der Waals surface area contributed by atoms with E-state index in [0.29, 0.717) is 6.07 Å². The Morgan fingerprint density at radius 3 is 2.26 bits per heavy atom. The van der Waals surface area contributed by atoms with E-state index < -0.39 is 46.7 Å². The normalized spacial score (nSPS) is 14.2. The van der Waals surface area contributed by atoms with Crippen molar-refractivity contribution in [3.63, 3.8) is 0 Å². The molecular formula is C22H16F7N3O2. The number of carbonyl (C=O) groups excluding carboxylic acids is 1. The molecule has 34 heavy (non-hydrogen) atoms. The van der Waals surface area contributed by atoms with Crippen molar-refractivity contribution in [1.82, 2.24) is 9.78 Å². The molecule has 1 amide bonds. The molecule has 0 N–H and O–H groups in total. The lowest BCUT2D eigenvalue weighted by atomic mass is 9.99. The summed E-state index contributed by atoms with van der Waals surface area (Å²) in [5, 5.41) is 4.02. The molecule has 1 aliphatic carbocycles. The first-order chi connectivity index (χ1) is 15.8. The number of hydrogen-bond acceptors (Lipinski definition) is 3. The molecule has 1 aromatic heterocycles. The number of nitrogens with zero attached hydrogens (tertiary/aromatic N) is 3. The monoisotopic (exact) mass is 487 g/mol. The maximum Gasteiger partial charge on any atom is 0.420 e. The third-order valence-electron chi connectivity index (χ3n) is 5.23. The van der Waals surface area contributed by atoms with Gasteiger partial charge in [-0.1, -0.05) is 0 Å². The van der Waals surface area contributed by atoms with E-state index in [9.17, 15) is 35.5 Å². The molecule has 4 rings (SSSR count). The van der Waals surface area contributed by atoms with Gasteiger partial charge >= 0.3 is 18.4 Å². The summed E-state index contributed by atoms with van der Waals surface area (Å²) >= 11 is 0. The van der Waals surface area contributed by atoms with Gasteiger partial charge in [0.1, 0.15) is 5.82 Å². The first-order valence-corrected chi connectivity index (χ1v) is 9.92. The highest BCUT2D eigenvalue weighted by Gasteiger charge is 2.41. The lowest BCUT2D eigenvalue weighted by molar-refractivity contribution is -0.143. The highest BCUT2D eigenvalue weighted by molar-refractivity contribution is 5.90. The number of ether oxygens (including phenoxy) is 1. The van der Waals surface area contributed by atoms with Crippen molar-refractivity contribution in [2.45, 2.75) is 31.2 Å². The van der Waals surface area contributed by atoms with Crippen LogP contribution in [0, 0.1) is 5.82 Å². The molecule has 180 valence electrons. The van der Waals surface area contributed by atoms with Gasteiger partial charge in [-0.05, 0) is 49.2 Å². The van der Waals surface area contributed by atoms with Crippen LogP contribution < -0.4 is 9.64 Å². The minimum absolute atomic E-state index is 0.0113. The van der Waals surface area contributed by atoms with Gasteiger partial charge < -0.3 is 4.74 Å². The summed E-state index contributed by atoms with van der Waals surface area (Å²) in [6.45, 7) is 0. The Kier molecular flexibility index (Phi) is 5.78. The van der Waals surface area contributed by atoms with Crippen molar-refractivity contribution in [1.29, 1.82) is 0 Å². The van der Waals surface area contributed by atoms with Crippen molar-refractivity contribution >= 4 is 11.8 Å². The lowest BCUT2D eigenvalue weighted by Crippen LogP contribution is -2.30. The number of halogens is 7. The number of anilines is 1. The van der Waals surface area contributed by atoms with Crippen LogP contribution in [0.3, 0.4) is 0 Å². The van der Waals surface area contributed by atoms with Crippen LogP contribution in [0.1, 0.15) is 30.0 Å². The van der Waals surface area contributed by atoms with Crippen molar-refractivity contribution < 1.29 is 40.3 Å². The van der Waals surface area contributed by atoms with E-state index in [-0.39, 0.29) is 23.4 Å². The highest BCUT2D eigenvalue weighted by atomic mass is 19.4. The minimum Gasteiger partial charge on any atom is -0.409 e. The summed E-state index contributed by atoms with van der Waals surface area (Å²) in [4.78, 5) is 13.5. The number of hydrogen-bond donors (Lipinski definition) is 0. The molecule has 12 heteroatoms. The van der Waals surface area contributed by atoms with Gasteiger partial charge in [0.2, 0.25) is 0 Å². The van der Waals surface area contributed by atoms with Crippen LogP contribution in [-0.2, 0) is 12.4 Å². The van der Waals surface area contributed by atoms with Gasteiger partial charge in [0, 0.05) is 30.1 Å². The standard InChI is InChI=1S/C22H16F7N3O2/c1-31(15-4-2-14(23)3-5-15)20(33)34-19-17(12-10-30-32(11-12)16-6-7-16)8-13(21(24,25)26)9-18(19)22(27,28)29/h2-5,8-11,16H,6-7H2,1H3. The Morgan fingerprint density at radius 1 is 1.06 bits per heavy atom. The molecule has 3 aromatic rings. The summed E-state index contributed by atoms with van der Waals surface area (Å²) in [6, 6.07) is 4.83. The predicted octanol–water partition coefficient (Wildman–Crippen LogP) is 6.70. The topological polar surface area (TPSA) is 47.4 Å². The second-order valence-electron chi connectivity index (χ2n) is 7.74. The minimum atomic E-state index is -5.27. The Balaban J connectivity index is 1.82. The number of rotatable bonds is 4. The van der Waals surface area contributed by atoms with Crippen LogP contribution in [0.2, 0.25) is 0 Å². The summed E-state index contributed by atoms with van der Waals surface area (Å²) < 4.78 is 101. The summed E-state index contributed by atoms with van der Waals surface area (Å²) in [5.74, 6) is -1.70. The van der Waals surface area contributed by atoms with E-state index in [2.05, 4.69) is 5.10 Å². The van der Waals surface area contributed by atoms with Gasteiger partial charge in [0.15, 0.2) is 5.75 Å².